The summed E-state index contributed by atoms with van der Waals surface area (Å²) < 4.78 is 12.1. The van der Waals surface area contributed by atoms with E-state index in [0.717, 1.165) is 8.95 Å². The number of carbonyl (C=O) groups is 1. The summed E-state index contributed by atoms with van der Waals surface area (Å²) in [5.74, 6) is 1.40. The molecular formula is C11H12Br2O3. The highest BCUT2D eigenvalue weighted by Gasteiger charge is 2.09. The summed E-state index contributed by atoms with van der Waals surface area (Å²) in [6, 6.07) is 3.56. The fourth-order valence-corrected chi connectivity index (χ4v) is 1.96. The molecule has 1 aromatic carbocycles. The Hall–Kier alpha value is -0.550. The summed E-state index contributed by atoms with van der Waals surface area (Å²) >= 11 is 6.71. The van der Waals surface area contributed by atoms with Crippen LogP contribution in [0.5, 0.6) is 11.5 Å². The average Bonchev–Trinajstić information content (AvgIpc) is 2.29. The summed E-state index contributed by atoms with van der Waals surface area (Å²) in [4.78, 5) is 11.1. The first-order valence-corrected chi connectivity index (χ1v) is 6.34. The lowest BCUT2D eigenvalue weighted by Gasteiger charge is -2.10. The molecule has 1 rings (SSSR count). The van der Waals surface area contributed by atoms with E-state index < -0.39 is 0 Å². The molecule has 0 aliphatic carbocycles. The maximum Gasteiger partial charge on any atom is 0.169 e. The predicted molar refractivity (Wildman–Crippen MR) is 69.2 cm³/mol. The van der Waals surface area contributed by atoms with E-state index in [9.17, 15) is 4.79 Å². The van der Waals surface area contributed by atoms with E-state index in [2.05, 4.69) is 31.9 Å². The number of ketones is 1. The van der Waals surface area contributed by atoms with Gasteiger partial charge in [0.1, 0.15) is 18.1 Å². The van der Waals surface area contributed by atoms with Gasteiger partial charge in [0, 0.05) is 6.42 Å². The van der Waals surface area contributed by atoms with E-state index >= 15 is 0 Å². The third-order valence-corrected chi connectivity index (χ3v) is 3.23. The molecule has 0 fully saturated rings. The molecule has 0 heterocycles. The van der Waals surface area contributed by atoms with Crippen LogP contribution in [0.25, 0.3) is 0 Å². The van der Waals surface area contributed by atoms with Crippen molar-refractivity contribution in [1.82, 2.24) is 0 Å². The summed E-state index contributed by atoms with van der Waals surface area (Å²) in [7, 11) is 1.59. The molecule has 3 nitrogen and oxygen atoms in total. The Kier molecular flexibility index (Phi) is 5.28. The Bertz CT molecular complexity index is 391. The monoisotopic (exact) mass is 350 g/mol. The van der Waals surface area contributed by atoms with E-state index in [4.69, 9.17) is 9.47 Å². The number of methoxy groups -OCH3 is 1. The molecule has 0 saturated carbocycles. The highest BCUT2D eigenvalue weighted by molar-refractivity contribution is 9.11. The van der Waals surface area contributed by atoms with Crippen LogP contribution < -0.4 is 9.47 Å². The van der Waals surface area contributed by atoms with Gasteiger partial charge >= 0.3 is 0 Å². The minimum absolute atomic E-state index is 0.0684. The number of hydrogen-bond acceptors (Lipinski definition) is 3. The molecule has 88 valence electrons. The van der Waals surface area contributed by atoms with E-state index in [-0.39, 0.29) is 12.4 Å². The van der Waals surface area contributed by atoms with Gasteiger partial charge in [-0.3, -0.25) is 4.79 Å². The molecule has 5 heteroatoms. The van der Waals surface area contributed by atoms with Crippen molar-refractivity contribution in [2.45, 2.75) is 13.3 Å². The van der Waals surface area contributed by atoms with E-state index in [1.54, 1.807) is 19.2 Å². The molecule has 1 aromatic rings. The SMILES string of the molecule is CCC(=O)COc1cc(Br)c(OC)cc1Br. The molecule has 16 heavy (non-hydrogen) atoms. The Balaban J connectivity index is 2.81. The Morgan fingerprint density at radius 1 is 1.25 bits per heavy atom. The fourth-order valence-electron chi connectivity index (χ4n) is 1.04. The maximum atomic E-state index is 11.1. The third kappa shape index (κ3) is 3.49. The van der Waals surface area contributed by atoms with Crippen LogP contribution in [0.4, 0.5) is 0 Å². The molecule has 0 atom stereocenters. The van der Waals surface area contributed by atoms with E-state index in [0.29, 0.717) is 17.9 Å². The number of ether oxygens (including phenoxy) is 2. The van der Waals surface area contributed by atoms with Gasteiger partial charge in [-0.05, 0) is 44.0 Å². The van der Waals surface area contributed by atoms with Gasteiger partial charge in [0.25, 0.3) is 0 Å². The second-order valence-electron chi connectivity index (χ2n) is 3.10. The van der Waals surface area contributed by atoms with Crippen molar-refractivity contribution in [3.63, 3.8) is 0 Å². The number of benzene rings is 1. The van der Waals surface area contributed by atoms with Crippen LogP contribution in [0.2, 0.25) is 0 Å². The number of carbonyl (C=O) groups excluding carboxylic acids is 1. The zero-order chi connectivity index (χ0) is 12.1. The van der Waals surface area contributed by atoms with Crippen LogP contribution in [-0.4, -0.2) is 19.5 Å². The first-order chi connectivity index (χ1) is 7.58. The Morgan fingerprint density at radius 2 is 1.81 bits per heavy atom. The van der Waals surface area contributed by atoms with Gasteiger partial charge in [-0.1, -0.05) is 6.92 Å². The molecule has 0 radical (unpaired) electrons. The second kappa shape index (κ2) is 6.25. The molecule has 0 aromatic heterocycles. The van der Waals surface area contributed by atoms with Gasteiger partial charge in [0.15, 0.2) is 5.78 Å². The van der Waals surface area contributed by atoms with E-state index in [1.165, 1.54) is 0 Å². The van der Waals surface area contributed by atoms with Crippen LogP contribution in [0.15, 0.2) is 21.1 Å². The molecular weight excluding hydrogens is 340 g/mol. The summed E-state index contributed by atoms with van der Waals surface area (Å²) in [6.45, 7) is 1.90. The van der Waals surface area contributed by atoms with Gasteiger partial charge in [0.2, 0.25) is 0 Å². The summed E-state index contributed by atoms with van der Waals surface area (Å²) in [5, 5.41) is 0. The van der Waals surface area contributed by atoms with Gasteiger partial charge in [-0.15, -0.1) is 0 Å². The quantitative estimate of drug-likeness (QED) is 0.813. The smallest absolute Gasteiger partial charge is 0.169 e. The molecule has 0 spiro atoms. The van der Waals surface area contributed by atoms with Crippen molar-refractivity contribution in [3.8, 4) is 11.5 Å². The minimum Gasteiger partial charge on any atom is -0.496 e. The molecule has 0 aliphatic rings. The average molecular weight is 352 g/mol. The minimum atomic E-state index is 0.0684. The number of Topliss-reactive ketones (excluding diaryl/α,β-unsaturated/α-hetero) is 1. The number of hydrogen-bond donors (Lipinski definition) is 0. The Labute approximate surface area is 111 Å². The lowest BCUT2D eigenvalue weighted by Crippen LogP contribution is -2.09. The number of rotatable bonds is 5. The van der Waals surface area contributed by atoms with Crippen LogP contribution in [0.3, 0.4) is 0 Å². The normalized spacial score (nSPS) is 10.0. The van der Waals surface area contributed by atoms with Crippen LogP contribution in [-0.2, 0) is 4.79 Å². The van der Waals surface area contributed by atoms with Crippen LogP contribution in [0.1, 0.15) is 13.3 Å². The molecule has 0 bridgehead atoms. The maximum absolute atomic E-state index is 11.1. The largest absolute Gasteiger partial charge is 0.496 e. The van der Waals surface area contributed by atoms with Gasteiger partial charge in [-0.25, -0.2) is 0 Å². The first kappa shape index (κ1) is 13.5. The second-order valence-corrected chi connectivity index (χ2v) is 4.81. The van der Waals surface area contributed by atoms with Crippen LogP contribution >= 0.6 is 31.9 Å². The summed E-state index contributed by atoms with van der Waals surface area (Å²) in [5.41, 5.74) is 0. The van der Waals surface area contributed by atoms with Crippen LogP contribution in [0, 0.1) is 0 Å². The standard InChI is InChI=1S/C11H12Br2O3/c1-3-7(14)6-16-11-5-8(12)10(15-2)4-9(11)13/h4-5H,3,6H2,1-2H3. The molecule has 0 aliphatic heterocycles. The number of halogens is 2. The lowest BCUT2D eigenvalue weighted by atomic mass is 10.3. The van der Waals surface area contributed by atoms with Gasteiger partial charge in [0.05, 0.1) is 16.1 Å². The lowest BCUT2D eigenvalue weighted by molar-refractivity contribution is -0.120. The highest BCUT2D eigenvalue weighted by Crippen LogP contribution is 2.35. The highest BCUT2D eigenvalue weighted by atomic mass is 79.9. The van der Waals surface area contributed by atoms with Crippen molar-refractivity contribution in [3.05, 3.63) is 21.1 Å². The van der Waals surface area contributed by atoms with Crippen molar-refractivity contribution in [1.29, 1.82) is 0 Å². The van der Waals surface area contributed by atoms with Crippen molar-refractivity contribution in [2.75, 3.05) is 13.7 Å². The fraction of sp³-hybridized carbons (Fsp3) is 0.364. The molecule has 0 saturated heterocycles. The summed E-state index contributed by atoms with van der Waals surface area (Å²) in [6.07, 6.45) is 0.481. The van der Waals surface area contributed by atoms with Crippen molar-refractivity contribution < 1.29 is 14.3 Å². The first-order valence-electron chi connectivity index (χ1n) is 4.76. The topological polar surface area (TPSA) is 35.5 Å². The third-order valence-electron chi connectivity index (χ3n) is 1.99. The van der Waals surface area contributed by atoms with Gasteiger partial charge in [-0.2, -0.15) is 0 Å². The van der Waals surface area contributed by atoms with Crippen molar-refractivity contribution in [2.24, 2.45) is 0 Å². The molecule has 0 N–H and O–H groups in total. The van der Waals surface area contributed by atoms with E-state index in [1.807, 2.05) is 6.92 Å². The van der Waals surface area contributed by atoms with Crippen molar-refractivity contribution >= 4 is 37.6 Å². The molecule has 0 unspecified atom stereocenters. The zero-order valence-electron chi connectivity index (χ0n) is 9.05. The van der Waals surface area contributed by atoms with Gasteiger partial charge < -0.3 is 9.47 Å². The zero-order valence-corrected chi connectivity index (χ0v) is 12.2. The molecule has 0 amide bonds. The predicted octanol–water partition coefficient (Wildman–Crippen LogP) is 3.58. The Morgan fingerprint density at radius 3 is 2.38 bits per heavy atom.